The first kappa shape index (κ1) is 20.9. The van der Waals surface area contributed by atoms with Gasteiger partial charge in [-0.1, -0.05) is 5.16 Å². The predicted octanol–water partition coefficient (Wildman–Crippen LogP) is 3.38. The van der Waals surface area contributed by atoms with Gasteiger partial charge in [0.05, 0.1) is 22.2 Å². The summed E-state index contributed by atoms with van der Waals surface area (Å²) in [6.45, 7) is 1.83. The van der Waals surface area contributed by atoms with Gasteiger partial charge >= 0.3 is 6.18 Å². The molecule has 148 valence electrons. The lowest BCUT2D eigenvalue weighted by Gasteiger charge is -2.13. The molecule has 1 aromatic rings. The minimum atomic E-state index is -4.76. The molecule has 0 aliphatic heterocycles. The fourth-order valence-corrected chi connectivity index (χ4v) is 3.22. The lowest BCUT2D eigenvalue weighted by atomic mass is 10.0. The summed E-state index contributed by atoms with van der Waals surface area (Å²) in [6, 6.07) is 1.89. The quantitative estimate of drug-likeness (QED) is 0.325. The number of carbonyl (C=O) groups excluding carboxylic acids is 1. The SMILES string of the molecule is CCON=CC(C(=O)C1CC1)=C(O)c1ccc(C(F)(F)F)cc1S(C)(=O)=O. The first-order valence-corrected chi connectivity index (χ1v) is 9.90. The Labute approximate surface area is 154 Å². The molecule has 0 bridgehead atoms. The number of halogens is 3. The minimum Gasteiger partial charge on any atom is -0.506 e. The maximum atomic E-state index is 12.9. The van der Waals surface area contributed by atoms with Gasteiger partial charge < -0.3 is 9.94 Å². The molecule has 0 heterocycles. The first-order chi connectivity index (χ1) is 12.5. The summed E-state index contributed by atoms with van der Waals surface area (Å²) in [4.78, 5) is 16.4. The zero-order valence-electron chi connectivity index (χ0n) is 14.6. The van der Waals surface area contributed by atoms with Gasteiger partial charge in [0.1, 0.15) is 12.4 Å². The molecular weight excluding hydrogens is 387 g/mol. The van der Waals surface area contributed by atoms with E-state index in [-0.39, 0.29) is 18.1 Å². The third-order valence-electron chi connectivity index (χ3n) is 3.82. The van der Waals surface area contributed by atoms with Crippen molar-refractivity contribution < 1.29 is 36.3 Å². The zero-order chi connectivity index (χ0) is 20.4. The number of sulfone groups is 1. The van der Waals surface area contributed by atoms with E-state index in [0.29, 0.717) is 25.0 Å². The standard InChI is InChI=1S/C17H18F3NO5S/c1-3-26-21-9-13(15(22)10-4-5-10)16(23)12-7-6-11(17(18,19)20)8-14(12)27(2,24)25/h6-10,23H,3-5H2,1-2H3. The zero-order valence-corrected chi connectivity index (χ0v) is 15.4. The highest BCUT2D eigenvalue weighted by molar-refractivity contribution is 7.90. The van der Waals surface area contributed by atoms with Crippen molar-refractivity contribution in [3.8, 4) is 0 Å². The lowest BCUT2D eigenvalue weighted by molar-refractivity contribution is -0.137. The van der Waals surface area contributed by atoms with Gasteiger partial charge in [0.15, 0.2) is 15.6 Å². The van der Waals surface area contributed by atoms with E-state index in [1.54, 1.807) is 6.92 Å². The van der Waals surface area contributed by atoms with Crippen molar-refractivity contribution in [3.63, 3.8) is 0 Å². The molecule has 2 rings (SSSR count). The monoisotopic (exact) mass is 405 g/mol. The van der Waals surface area contributed by atoms with E-state index in [0.717, 1.165) is 18.5 Å². The van der Waals surface area contributed by atoms with E-state index in [4.69, 9.17) is 4.84 Å². The maximum Gasteiger partial charge on any atom is 0.416 e. The number of hydrogen-bond donors (Lipinski definition) is 1. The maximum absolute atomic E-state index is 12.9. The van der Waals surface area contributed by atoms with Gasteiger partial charge in [0.25, 0.3) is 0 Å². The van der Waals surface area contributed by atoms with Crippen molar-refractivity contribution in [2.45, 2.75) is 30.8 Å². The molecule has 0 unspecified atom stereocenters. The molecule has 0 radical (unpaired) electrons. The highest BCUT2D eigenvalue weighted by Gasteiger charge is 2.35. The van der Waals surface area contributed by atoms with Crippen LogP contribution in [0.15, 0.2) is 33.8 Å². The van der Waals surface area contributed by atoms with Gasteiger partial charge in [-0.3, -0.25) is 4.79 Å². The summed E-state index contributed by atoms with van der Waals surface area (Å²) in [5, 5.41) is 14.1. The second-order valence-electron chi connectivity index (χ2n) is 6.03. The molecule has 10 heteroatoms. The van der Waals surface area contributed by atoms with E-state index in [2.05, 4.69) is 5.16 Å². The Hall–Kier alpha value is -2.36. The molecule has 1 aromatic carbocycles. The van der Waals surface area contributed by atoms with Crippen LogP contribution in [0.5, 0.6) is 0 Å². The number of aliphatic hydroxyl groups is 1. The second kappa shape index (κ2) is 7.71. The van der Waals surface area contributed by atoms with Crippen molar-refractivity contribution in [2.24, 2.45) is 11.1 Å². The Bertz CT molecular complexity index is 900. The molecule has 0 spiro atoms. The Morgan fingerprint density at radius 2 is 2.00 bits per heavy atom. The Kier molecular flexibility index (Phi) is 5.98. The van der Waals surface area contributed by atoms with Crippen molar-refractivity contribution in [3.05, 3.63) is 34.9 Å². The number of aliphatic hydroxyl groups excluding tert-OH is 1. The molecule has 0 aromatic heterocycles. The molecule has 1 N–H and O–H groups in total. The van der Waals surface area contributed by atoms with E-state index in [9.17, 15) is 31.5 Å². The van der Waals surface area contributed by atoms with E-state index in [1.807, 2.05) is 0 Å². The van der Waals surface area contributed by atoms with Crippen molar-refractivity contribution in [1.29, 1.82) is 0 Å². The Balaban J connectivity index is 2.67. The van der Waals surface area contributed by atoms with Crippen molar-refractivity contribution >= 4 is 27.6 Å². The van der Waals surface area contributed by atoms with Crippen LogP contribution < -0.4 is 0 Å². The molecule has 1 saturated carbocycles. The molecular formula is C17H18F3NO5S. The van der Waals surface area contributed by atoms with Crippen LogP contribution >= 0.6 is 0 Å². The van der Waals surface area contributed by atoms with Crippen LogP contribution in [-0.4, -0.2) is 38.4 Å². The molecule has 27 heavy (non-hydrogen) atoms. The topological polar surface area (TPSA) is 93.0 Å². The van der Waals surface area contributed by atoms with E-state index >= 15 is 0 Å². The van der Waals surface area contributed by atoms with Crippen molar-refractivity contribution in [2.75, 3.05) is 12.9 Å². The van der Waals surface area contributed by atoms with Crippen molar-refractivity contribution in [1.82, 2.24) is 0 Å². The molecule has 1 fully saturated rings. The highest BCUT2D eigenvalue weighted by Crippen LogP contribution is 2.36. The fourth-order valence-electron chi connectivity index (χ4n) is 2.32. The van der Waals surface area contributed by atoms with Gasteiger partial charge in [0.2, 0.25) is 0 Å². The smallest absolute Gasteiger partial charge is 0.416 e. The number of ketones is 1. The molecule has 1 aliphatic rings. The number of hydrogen-bond acceptors (Lipinski definition) is 6. The second-order valence-corrected chi connectivity index (χ2v) is 8.02. The first-order valence-electron chi connectivity index (χ1n) is 8.01. The van der Waals surface area contributed by atoms with Gasteiger partial charge in [-0.15, -0.1) is 0 Å². The van der Waals surface area contributed by atoms with Crippen LogP contribution in [0.1, 0.15) is 30.9 Å². The Morgan fingerprint density at radius 1 is 1.37 bits per heavy atom. The number of oxime groups is 1. The van der Waals surface area contributed by atoms with Crippen LogP contribution in [0.4, 0.5) is 13.2 Å². The summed E-state index contributed by atoms with van der Waals surface area (Å²) >= 11 is 0. The number of allylic oxidation sites excluding steroid dienone is 1. The summed E-state index contributed by atoms with van der Waals surface area (Å²) in [5.41, 5.74) is -1.90. The number of benzene rings is 1. The fraction of sp³-hybridized carbons (Fsp3) is 0.412. The average molecular weight is 405 g/mol. The van der Waals surface area contributed by atoms with Crippen LogP contribution in [0, 0.1) is 5.92 Å². The summed E-state index contributed by atoms with van der Waals surface area (Å²) < 4.78 is 62.8. The van der Waals surface area contributed by atoms with Crippen LogP contribution in [0.3, 0.4) is 0 Å². The molecule has 1 aliphatic carbocycles. The number of carbonyl (C=O) groups is 1. The third-order valence-corrected chi connectivity index (χ3v) is 4.95. The number of alkyl halides is 3. The third kappa shape index (κ3) is 5.09. The molecule has 6 nitrogen and oxygen atoms in total. The summed E-state index contributed by atoms with van der Waals surface area (Å²) in [5.74, 6) is -1.58. The number of nitrogens with zero attached hydrogens (tertiary/aromatic N) is 1. The van der Waals surface area contributed by atoms with E-state index in [1.165, 1.54) is 0 Å². The average Bonchev–Trinajstić information content (AvgIpc) is 3.40. The molecule has 0 atom stereocenters. The van der Waals surface area contributed by atoms with E-state index < -0.39 is 43.6 Å². The predicted molar refractivity (Wildman–Crippen MR) is 92.0 cm³/mol. The highest BCUT2D eigenvalue weighted by atomic mass is 32.2. The number of rotatable bonds is 7. The Morgan fingerprint density at radius 3 is 2.48 bits per heavy atom. The number of Topliss-reactive ketones (excluding diaryl/α,β-unsaturated/α-hetero) is 1. The van der Waals surface area contributed by atoms with Gasteiger partial charge in [-0.25, -0.2) is 8.42 Å². The van der Waals surface area contributed by atoms with Crippen LogP contribution in [0.25, 0.3) is 5.76 Å². The normalized spacial score (nSPS) is 16.3. The largest absolute Gasteiger partial charge is 0.506 e. The van der Waals surface area contributed by atoms with Gasteiger partial charge in [0, 0.05) is 17.7 Å². The lowest BCUT2D eigenvalue weighted by Crippen LogP contribution is -2.13. The summed E-state index contributed by atoms with van der Waals surface area (Å²) in [6.07, 6.45) is -1.90. The molecule has 0 amide bonds. The van der Waals surface area contributed by atoms with Gasteiger partial charge in [-0.2, -0.15) is 13.2 Å². The minimum absolute atomic E-state index is 0.191. The molecule has 0 saturated heterocycles. The van der Waals surface area contributed by atoms with Crippen LogP contribution in [-0.2, 0) is 25.6 Å². The summed E-state index contributed by atoms with van der Waals surface area (Å²) in [7, 11) is -4.13. The van der Waals surface area contributed by atoms with Gasteiger partial charge in [-0.05, 0) is 38.0 Å². The van der Waals surface area contributed by atoms with Crippen LogP contribution in [0.2, 0.25) is 0 Å².